The third-order valence-corrected chi connectivity index (χ3v) is 6.85. The van der Waals surface area contributed by atoms with Gasteiger partial charge in [0.1, 0.15) is 18.4 Å². The Balaban J connectivity index is 1.80. The maximum Gasteiger partial charge on any atom is 0.404 e. The van der Waals surface area contributed by atoms with Crippen LogP contribution in [0, 0.1) is 0 Å². The van der Waals surface area contributed by atoms with Crippen LogP contribution in [0.4, 0.5) is 4.79 Å². The summed E-state index contributed by atoms with van der Waals surface area (Å²) in [6.07, 6.45) is 1.24. The number of aliphatic hydroxyl groups is 1. The van der Waals surface area contributed by atoms with Crippen molar-refractivity contribution in [3.8, 4) is 0 Å². The minimum absolute atomic E-state index is 0.114. The molecule has 2 heterocycles. The summed E-state index contributed by atoms with van der Waals surface area (Å²) in [5.74, 6) is -0.624. The number of nitrogens with zero attached hydrogens (tertiary/aromatic N) is 1. The average Bonchev–Trinajstić information content (AvgIpc) is 3.28. The zero-order chi connectivity index (χ0) is 23.2. The summed E-state index contributed by atoms with van der Waals surface area (Å²) in [6, 6.07) is -0.413. The molecular formula is C22H30N4O6. The Labute approximate surface area is 186 Å². The highest BCUT2D eigenvalue weighted by Crippen LogP contribution is 2.41. The normalized spacial score (nSPS) is 27.4. The summed E-state index contributed by atoms with van der Waals surface area (Å²) in [7, 11) is 3.35. The number of aromatic nitrogens is 1. The van der Waals surface area contributed by atoms with Crippen molar-refractivity contribution in [1.82, 2.24) is 15.2 Å². The predicted octanol–water partition coefficient (Wildman–Crippen LogP) is 0.919. The van der Waals surface area contributed by atoms with Crippen LogP contribution in [0.15, 0.2) is 11.3 Å². The first-order chi connectivity index (χ1) is 15.3. The molecule has 0 saturated heterocycles. The number of ketones is 2. The number of nitrogens with one attached hydrogen (secondary N) is 2. The number of amides is 1. The van der Waals surface area contributed by atoms with E-state index >= 15 is 0 Å². The number of methoxy groups -OCH3 is 1. The second kappa shape index (κ2) is 8.68. The van der Waals surface area contributed by atoms with Gasteiger partial charge in [-0.1, -0.05) is 12.8 Å². The number of hydrogen-bond donors (Lipinski definition) is 4. The van der Waals surface area contributed by atoms with Crippen LogP contribution in [0.25, 0.3) is 0 Å². The first-order valence-corrected chi connectivity index (χ1v) is 10.9. The first-order valence-electron chi connectivity index (χ1n) is 10.9. The molecular weight excluding hydrogens is 416 g/mol. The summed E-state index contributed by atoms with van der Waals surface area (Å²) in [6.45, 7) is 1.81. The maximum absolute atomic E-state index is 13.7. The molecule has 0 bridgehead atoms. The van der Waals surface area contributed by atoms with Crippen LogP contribution in [-0.4, -0.2) is 59.7 Å². The topological polar surface area (TPSA) is 145 Å². The minimum atomic E-state index is -0.971. The fourth-order valence-corrected chi connectivity index (χ4v) is 5.20. The average molecular weight is 447 g/mol. The number of carbonyl (C=O) groups is 3. The number of carbonyl (C=O) groups excluding carboxylic acids is 3. The number of fused-ring (bicyclic) bond motifs is 3. The lowest BCUT2D eigenvalue weighted by Crippen LogP contribution is -2.45. The molecule has 10 heteroatoms. The van der Waals surface area contributed by atoms with Gasteiger partial charge >= 0.3 is 6.09 Å². The van der Waals surface area contributed by atoms with Crippen LogP contribution in [0.1, 0.15) is 70.8 Å². The van der Waals surface area contributed by atoms with Crippen molar-refractivity contribution in [2.24, 2.45) is 5.73 Å². The van der Waals surface area contributed by atoms with Crippen molar-refractivity contribution in [2.75, 3.05) is 14.2 Å². The van der Waals surface area contributed by atoms with Gasteiger partial charge in [0.2, 0.25) is 11.6 Å². The molecule has 1 fully saturated rings. The molecule has 5 N–H and O–H groups in total. The van der Waals surface area contributed by atoms with Gasteiger partial charge in [0.25, 0.3) is 0 Å². The van der Waals surface area contributed by atoms with Crippen LogP contribution in [-0.2, 0) is 22.6 Å². The number of allylic oxidation sites excluding steroid dienone is 2. The highest BCUT2D eigenvalue weighted by atomic mass is 16.5. The zero-order valence-electron chi connectivity index (χ0n) is 18.6. The predicted molar refractivity (Wildman–Crippen MR) is 114 cm³/mol. The number of Topliss-reactive ketones (excluding diaryl/α,β-unsaturated/α-hetero) is 2. The van der Waals surface area contributed by atoms with Crippen molar-refractivity contribution >= 4 is 17.7 Å². The number of rotatable bonds is 6. The van der Waals surface area contributed by atoms with Gasteiger partial charge in [0, 0.05) is 24.8 Å². The Bertz CT molecular complexity index is 997. The molecule has 10 nitrogen and oxygen atoms in total. The number of ether oxygens (including phenoxy) is 2. The molecule has 2 aliphatic carbocycles. The molecule has 3 aliphatic rings. The van der Waals surface area contributed by atoms with Crippen molar-refractivity contribution < 1.29 is 29.0 Å². The number of likely N-dealkylation sites (N-methyl/N-ethyl adjacent to an activating group) is 1. The lowest BCUT2D eigenvalue weighted by molar-refractivity contribution is 0.0782. The maximum atomic E-state index is 13.7. The second-order valence-electron chi connectivity index (χ2n) is 8.62. The summed E-state index contributed by atoms with van der Waals surface area (Å²) < 4.78 is 12.5. The van der Waals surface area contributed by atoms with Crippen molar-refractivity contribution in [2.45, 2.75) is 70.1 Å². The molecule has 1 aromatic heterocycles. The first kappa shape index (κ1) is 22.5. The van der Waals surface area contributed by atoms with Crippen LogP contribution in [0.5, 0.6) is 0 Å². The van der Waals surface area contributed by atoms with Gasteiger partial charge in [-0.2, -0.15) is 0 Å². The van der Waals surface area contributed by atoms with Crippen molar-refractivity contribution in [3.05, 3.63) is 33.8 Å². The minimum Gasteiger partial charge on any atom is -0.445 e. The SMILES string of the molecule is CN[C@H]1Cn2c3c(c(COC(N)=O)c2[C@@H]1OC)C(=O)C(N[C@@H]1CCCC[C@H]1O)=C(C)C3=O. The van der Waals surface area contributed by atoms with Crippen molar-refractivity contribution in [1.29, 1.82) is 0 Å². The molecule has 1 aromatic rings. The highest BCUT2D eigenvalue weighted by Gasteiger charge is 2.45. The molecule has 0 radical (unpaired) electrons. The lowest BCUT2D eigenvalue weighted by atomic mass is 9.87. The van der Waals surface area contributed by atoms with E-state index in [0.717, 1.165) is 12.8 Å². The van der Waals surface area contributed by atoms with Gasteiger partial charge in [0.15, 0.2) is 0 Å². The highest BCUT2D eigenvalue weighted by molar-refractivity contribution is 6.26. The fraction of sp³-hybridized carbons (Fsp3) is 0.591. The molecule has 174 valence electrons. The monoisotopic (exact) mass is 446 g/mol. The Hall–Kier alpha value is -2.69. The van der Waals surface area contributed by atoms with Gasteiger partial charge in [-0.15, -0.1) is 0 Å². The Morgan fingerprint density at radius 2 is 1.94 bits per heavy atom. The van der Waals surface area contributed by atoms with Crippen LogP contribution >= 0.6 is 0 Å². The van der Waals surface area contributed by atoms with E-state index in [4.69, 9.17) is 15.2 Å². The molecule has 32 heavy (non-hydrogen) atoms. The van der Waals surface area contributed by atoms with Gasteiger partial charge in [0.05, 0.1) is 35.1 Å². The van der Waals surface area contributed by atoms with E-state index in [1.807, 2.05) is 0 Å². The van der Waals surface area contributed by atoms with E-state index in [0.29, 0.717) is 36.2 Å². The number of hydrogen-bond acceptors (Lipinski definition) is 8. The van der Waals surface area contributed by atoms with Crippen LogP contribution < -0.4 is 16.4 Å². The van der Waals surface area contributed by atoms with Gasteiger partial charge in [-0.05, 0) is 26.8 Å². The van der Waals surface area contributed by atoms with Gasteiger partial charge < -0.3 is 35.5 Å². The number of aliphatic hydroxyl groups excluding tert-OH is 1. The Morgan fingerprint density at radius 1 is 1.22 bits per heavy atom. The number of nitrogens with two attached hydrogens (primary N) is 1. The molecule has 0 spiro atoms. The molecule has 1 amide bonds. The second-order valence-corrected chi connectivity index (χ2v) is 8.62. The Kier molecular flexibility index (Phi) is 6.11. The lowest BCUT2D eigenvalue weighted by Gasteiger charge is -2.31. The smallest absolute Gasteiger partial charge is 0.404 e. The van der Waals surface area contributed by atoms with Crippen LogP contribution in [0.3, 0.4) is 0 Å². The third-order valence-electron chi connectivity index (χ3n) is 6.85. The summed E-state index contributed by atoms with van der Waals surface area (Å²) in [5.41, 5.74) is 7.24. The van der Waals surface area contributed by atoms with Gasteiger partial charge in [-0.3, -0.25) is 9.59 Å². The standard InChI is InChI=1S/C22H30N4O6/c1-10-16(25-12-6-4-5-7-14(12)27)20(29)15-11(9-32-22(23)30)17-21(31-3)13(24-2)8-26(17)18(15)19(10)28/h12-14,21,24-25,27H,4-9H2,1-3H3,(H2,23,30)/t12-,13+,14-,21-/m1/s1. The van der Waals surface area contributed by atoms with Gasteiger partial charge in [-0.25, -0.2) is 4.79 Å². The van der Waals surface area contributed by atoms with Crippen LogP contribution in [0.2, 0.25) is 0 Å². The van der Waals surface area contributed by atoms with Crippen molar-refractivity contribution in [3.63, 3.8) is 0 Å². The van der Waals surface area contributed by atoms with E-state index < -0.39 is 18.3 Å². The fourth-order valence-electron chi connectivity index (χ4n) is 5.20. The molecule has 0 aromatic carbocycles. The van der Waals surface area contributed by atoms with E-state index in [9.17, 15) is 19.5 Å². The molecule has 4 atom stereocenters. The van der Waals surface area contributed by atoms with E-state index in [1.165, 1.54) is 0 Å². The molecule has 4 rings (SSSR count). The molecule has 0 unspecified atom stereocenters. The largest absolute Gasteiger partial charge is 0.445 e. The van der Waals surface area contributed by atoms with E-state index in [-0.39, 0.29) is 47.2 Å². The molecule has 1 saturated carbocycles. The summed E-state index contributed by atoms with van der Waals surface area (Å²) in [4.78, 5) is 38.5. The Morgan fingerprint density at radius 3 is 2.56 bits per heavy atom. The van der Waals surface area contributed by atoms with E-state index in [2.05, 4.69) is 10.6 Å². The van der Waals surface area contributed by atoms with E-state index in [1.54, 1.807) is 25.6 Å². The zero-order valence-corrected chi connectivity index (χ0v) is 18.6. The summed E-state index contributed by atoms with van der Waals surface area (Å²) in [5, 5.41) is 16.7. The third kappa shape index (κ3) is 3.52. The number of primary amides is 1. The quantitative estimate of drug-likeness (QED) is 0.505. The summed E-state index contributed by atoms with van der Waals surface area (Å²) >= 11 is 0. The molecule has 1 aliphatic heterocycles.